The van der Waals surface area contributed by atoms with Gasteiger partial charge in [-0.15, -0.1) is 5.10 Å². The number of sulfone groups is 1. The highest BCUT2D eigenvalue weighted by Gasteiger charge is 2.46. The molecule has 1 atom stereocenters. The average Bonchev–Trinajstić information content (AvgIpc) is 3.15. The molecule has 186 valence electrons. The Hall–Kier alpha value is -3.85. The molecular weight excluding hydrogens is 478 g/mol. The van der Waals surface area contributed by atoms with Crippen LogP contribution in [0.2, 0.25) is 0 Å². The van der Waals surface area contributed by atoms with Gasteiger partial charge in [-0.2, -0.15) is 5.10 Å². The Morgan fingerprint density at radius 1 is 0.972 bits per heavy atom. The summed E-state index contributed by atoms with van der Waals surface area (Å²) in [6.07, 6.45) is 1.12. The van der Waals surface area contributed by atoms with Gasteiger partial charge in [-0.25, -0.2) is 8.42 Å². The normalized spacial score (nSPS) is 16.1. The van der Waals surface area contributed by atoms with Crippen molar-refractivity contribution >= 4 is 27.3 Å². The lowest BCUT2D eigenvalue weighted by Gasteiger charge is -2.25. The SMILES string of the molecule is COC1=C(C(=O)c2ccc(C(C)C)cc2)C(c2ccc(S(C)(=O)=O)cc2)N(c2ccc(C)nn2)C1=O. The summed E-state index contributed by atoms with van der Waals surface area (Å²) in [6.45, 7) is 5.90. The molecule has 0 spiro atoms. The number of carbonyl (C=O) groups is 2. The molecule has 3 aromatic rings. The van der Waals surface area contributed by atoms with Crippen LogP contribution >= 0.6 is 0 Å². The van der Waals surface area contributed by atoms with Crippen molar-refractivity contribution < 1.29 is 22.7 Å². The fraction of sp³-hybridized carbons (Fsp3) is 0.259. The highest BCUT2D eigenvalue weighted by Crippen LogP contribution is 2.42. The summed E-state index contributed by atoms with van der Waals surface area (Å²) in [7, 11) is -2.09. The molecule has 1 unspecified atom stereocenters. The van der Waals surface area contributed by atoms with Gasteiger partial charge in [0, 0.05) is 11.8 Å². The van der Waals surface area contributed by atoms with Crippen molar-refractivity contribution in [2.45, 2.75) is 37.6 Å². The first-order valence-corrected chi connectivity index (χ1v) is 13.3. The number of methoxy groups -OCH3 is 1. The molecule has 0 saturated carbocycles. The molecule has 2 aromatic carbocycles. The van der Waals surface area contributed by atoms with E-state index in [2.05, 4.69) is 24.0 Å². The Bertz CT molecular complexity index is 1440. The lowest BCUT2D eigenvalue weighted by atomic mass is 9.91. The molecule has 1 aromatic heterocycles. The van der Waals surface area contributed by atoms with Crippen molar-refractivity contribution in [3.8, 4) is 0 Å². The molecule has 1 aliphatic rings. The van der Waals surface area contributed by atoms with Crippen LogP contribution in [0.4, 0.5) is 5.82 Å². The molecular formula is C27H27N3O5S. The molecule has 36 heavy (non-hydrogen) atoms. The second kappa shape index (κ2) is 9.66. The quantitative estimate of drug-likeness (QED) is 0.443. The van der Waals surface area contributed by atoms with Crippen LogP contribution in [0.5, 0.6) is 0 Å². The van der Waals surface area contributed by atoms with Crippen LogP contribution in [-0.2, 0) is 19.4 Å². The first-order chi connectivity index (χ1) is 17.0. The minimum Gasteiger partial charge on any atom is -0.491 e. The van der Waals surface area contributed by atoms with E-state index in [9.17, 15) is 18.0 Å². The van der Waals surface area contributed by atoms with Gasteiger partial charge in [0.1, 0.15) is 0 Å². The highest BCUT2D eigenvalue weighted by atomic mass is 32.2. The lowest BCUT2D eigenvalue weighted by molar-refractivity contribution is -0.117. The number of nitrogens with zero attached hydrogens (tertiary/aromatic N) is 3. The Balaban J connectivity index is 1.88. The number of ether oxygens (including phenoxy) is 1. The third-order valence-electron chi connectivity index (χ3n) is 6.13. The zero-order chi connectivity index (χ0) is 26.2. The zero-order valence-corrected chi connectivity index (χ0v) is 21.5. The minimum absolute atomic E-state index is 0.0903. The van der Waals surface area contributed by atoms with E-state index >= 15 is 0 Å². The monoisotopic (exact) mass is 505 g/mol. The Labute approximate surface area is 210 Å². The van der Waals surface area contributed by atoms with Gasteiger partial charge in [-0.3, -0.25) is 14.5 Å². The summed E-state index contributed by atoms with van der Waals surface area (Å²) >= 11 is 0. The summed E-state index contributed by atoms with van der Waals surface area (Å²) < 4.78 is 29.5. The Morgan fingerprint density at radius 3 is 2.11 bits per heavy atom. The predicted octanol–water partition coefficient (Wildman–Crippen LogP) is 4.18. The summed E-state index contributed by atoms with van der Waals surface area (Å²) in [5.74, 6) is -0.444. The van der Waals surface area contributed by atoms with Crippen LogP contribution in [0, 0.1) is 6.92 Å². The first-order valence-electron chi connectivity index (χ1n) is 11.4. The van der Waals surface area contributed by atoms with Crippen molar-refractivity contribution in [2.75, 3.05) is 18.3 Å². The number of hydrogen-bond donors (Lipinski definition) is 0. The maximum Gasteiger partial charge on any atom is 0.295 e. The number of benzene rings is 2. The zero-order valence-electron chi connectivity index (χ0n) is 20.7. The van der Waals surface area contributed by atoms with E-state index in [0.29, 0.717) is 22.7 Å². The van der Waals surface area contributed by atoms with Crippen LogP contribution in [0.15, 0.2) is 76.9 Å². The van der Waals surface area contributed by atoms with Crippen molar-refractivity contribution in [3.63, 3.8) is 0 Å². The third kappa shape index (κ3) is 4.66. The first kappa shape index (κ1) is 25.2. The largest absolute Gasteiger partial charge is 0.491 e. The molecule has 2 heterocycles. The number of anilines is 1. The van der Waals surface area contributed by atoms with Crippen LogP contribution < -0.4 is 4.90 Å². The van der Waals surface area contributed by atoms with Crippen molar-refractivity contribution in [1.82, 2.24) is 10.2 Å². The third-order valence-corrected chi connectivity index (χ3v) is 7.26. The van der Waals surface area contributed by atoms with E-state index < -0.39 is 21.8 Å². The Kier molecular flexibility index (Phi) is 6.77. The minimum atomic E-state index is -3.43. The van der Waals surface area contributed by atoms with E-state index in [1.165, 1.54) is 24.1 Å². The number of amides is 1. The fourth-order valence-corrected chi connectivity index (χ4v) is 4.79. The molecule has 0 radical (unpaired) electrons. The number of carbonyl (C=O) groups excluding carboxylic acids is 2. The topological polar surface area (TPSA) is 107 Å². The molecule has 0 bridgehead atoms. The van der Waals surface area contributed by atoms with E-state index in [-0.39, 0.29) is 27.8 Å². The number of aryl methyl sites for hydroxylation is 1. The molecule has 0 N–H and O–H groups in total. The van der Waals surface area contributed by atoms with Crippen LogP contribution in [0.1, 0.15) is 53.0 Å². The number of aromatic nitrogens is 2. The fourth-order valence-electron chi connectivity index (χ4n) is 4.16. The molecule has 1 amide bonds. The van der Waals surface area contributed by atoms with Crippen LogP contribution in [-0.4, -0.2) is 43.7 Å². The Morgan fingerprint density at radius 2 is 1.61 bits per heavy atom. The van der Waals surface area contributed by atoms with Gasteiger partial charge in [0.2, 0.25) is 0 Å². The van der Waals surface area contributed by atoms with Crippen molar-refractivity contribution in [2.24, 2.45) is 0 Å². The lowest BCUT2D eigenvalue weighted by Crippen LogP contribution is -2.32. The number of ketones is 1. The molecule has 0 fully saturated rings. The van der Waals surface area contributed by atoms with Gasteiger partial charge >= 0.3 is 0 Å². The smallest absolute Gasteiger partial charge is 0.295 e. The molecule has 9 heteroatoms. The van der Waals surface area contributed by atoms with Gasteiger partial charge in [0.15, 0.2) is 27.2 Å². The number of hydrogen-bond acceptors (Lipinski definition) is 7. The van der Waals surface area contributed by atoms with Gasteiger partial charge < -0.3 is 4.74 Å². The predicted molar refractivity (Wildman–Crippen MR) is 135 cm³/mol. The van der Waals surface area contributed by atoms with Crippen LogP contribution in [0.3, 0.4) is 0 Å². The second-order valence-electron chi connectivity index (χ2n) is 9.00. The number of rotatable bonds is 7. The molecule has 0 aliphatic carbocycles. The van der Waals surface area contributed by atoms with E-state index in [0.717, 1.165) is 11.8 Å². The summed E-state index contributed by atoms with van der Waals surface area (Å²) in [5, 5.41) is 8.25. The molecule has 8 nitrogen and oxygen atoms in total. The van der Waals surface area contributed by atoms with Gasteiger partial charge in [-0.1, -0.05) is 50.2 Å². The maximum atomic E-state index is 13.8. The van der Waals surface area contributed by atoms with Gasteiger partial charge in [0.05, 0.1) is 29.3 Å². The summed E-state index contributed by atoms with van der Waals surface area (Å²) in [4.78, 5) is 28.9. The second-order valence-corrected chi connectivity index (χ2v) is 11.0. The van der Waals surface area contributed by atoms with E-state index in [1.54, 1.807) is 43.3 Å². The van der Waals surface area contributed by atoms with E-state index in [4.69, 9.17) is 4.74 Å². The summed E-state index contributed by atoms with van der Waals surface area (Å²) in [5.41, 5.74) is 2.84. The van der Waals surface area contributed by atoms with Crippen molar-refractivity contribution in [3.05, 3.63) is 94.4 Å². The standard InChI is InChI=1S/C27H27N3O5S/c1-16(2)18-7-9-20(10-8-18)25(31)23-24(19-11-13-21(14-12-19)36(5,33)34)30(27(32)26(23)35-4)22-15-6-17(3)28-29-22/h6-16,24H,1-5H3. The van der Waals surface area contributed by atoms with E-state index in [1.807, 2.05) is 12.1 Å². The van der Waals surface area contributed by atoms with Crippen molar-refractivity contribution in [1.29, 1.82) is 0 Å². The molecule has 0 saturated heterocycles. The molecule has 1 aliphatic heterocycles. The summed E-state index contributed by atoms with van der Waals surface area (Å²) in [6, 6.07) is 15.8. The number of Topliss-reactive ketones (excluding diaryl/α,β-unsaturated/α-hetero) is 1. The van der Waals surface area contributed by atoms with Gasteiger partial charge in [-0.05, 0) is 48.2 Å². The highest BCUT2D eigenvalue weighted by molar-refractivity contribution is 7.90. The van der Waals surface area contributed by atoms with Crippen LogP contribution in [0.25, 0.3) is 0 Å². The van der Waals surface area contributed by atoms with Gasteiger partial charge in [0.25, 0.3) is 5.91 Å². The maximum absolute atomic E-state index is 13.8. The average molecular weight is 506 g/mol. The molecule has 4 rings (SSSR count).